The number of esters is 2. The second kappa shape index (κ2) is 6.48. The summed E-state index contributed by atoms with van der Waals surface area (Å²) in [4.78, 5) is 44.0. The molecule has 0 aliphatic rings. The summed E-state index contributed by atoms with van der Waals surface area (Å²) in [5, 5.41) is 17.3. The van der Waals surface area contributed by atoms with Crippen LogP contribution in [0.3, 0.4) is 0 Å². The second-order valence-electron chi connectivity index (χ2n) is 3.85. The van der Waals surface area contributed by atoms with E-state index in [1.807, 2.05) is 0 Å². The van der Waals surface area contributed by atoms with Crippen molar-refractivity contribution in [3.8, 4) is 0 Å². The standard InChI is InChI=1S/C12H14O7/c1-5(9(13)14)7(3)11(17)19-12(18)8(4)6(2)10(15)16/h5-6H,3-4H2,1-2H3,(H,13,14)(H,15,16). The Morgan fingerprint density at radius 3 is 1.32 bits per heavy atom. The van der Waals surface area contributed by atoms with Gasteiger partial charge in [0.25, 0.3) is 0 Å². The maximum absolute atomic E-state index is 11.4. The van der Waals surface area contributed by atoms with Crippen molar-refractivity contribution in [2.75, 3.05) is 0 Å². The molecule has 0 aliphatic heterocycles. The van der Waals surface area contributed by atoms with Gasteiger partial charge in [-0.05, 0) is 13.8 Å². The Balaban J connectivity index is 4.71. The fourth-order valence-corrected chi connectivity index (χ4v) is 0.867. The summed E-state index contributed by atoms with van der Waals surface area (Å²) in [6, 6.07) is 0. The van der Waals surface area contributed by atoms with Crippen molar-refractivity contribution >= 4 is 23.9 Å². The zero-order valence-corrected chi connectivity index (χ0v) is 10.5. The van der Waals surface area contributed by atoms with E-state index in [2.05, 4.69) is 17.9 Å². The molecule has 7 nitrogen and oxygen atoms in total. The molecule has 0 heterocycles. The number of carboxylic acid groups (broad SMARTS) is 2. The van der Waals surface area contributed by atoms with Crippen LogP contribution in [0.2, 0.25) is 0 Å². The first-order valence-electron chi connectivity index (χ1n) is 5.19. The van der Waals surface area contributed by atoms with Gasteiger partial charge in [0.15, 0.2) is 0 Å². The van der Waals surface area contributed by atoms with Crippen LogP contribution < -0.4 is 0 Å². The molecule has 7 heteroatoms. The highest BCUT2D eigenvalue weighted by Crippen LogP contribution is 2.14. The van der Waals surface area contributed by atoms with Crippen molar-refractivity contribution in [1.29, 1.82) is 0 Å². The summed E-state index contributed by atoms with van der Waals surface area (Å²) < 4.78 is 4.31. The normalized spacial score (nSPS) is 12.9. The van der Waals surface area contributed by atoms with Crippen molar-refractivity contribution in [1.82, 2.24) is 0 Å². The monoisotopic (exact) mass is 270 g/mol. The van der Waals surface area contributed by atoms with Crippen molar-refractivity contribution in [2.45, 2.75) is 13.8 Å². The number of carboxylic acids is 2. The second-order valence-corrected chi connectivity index (χ2v) is 3.85. The van der Waals surface area contributed by atoms with Gasteiger partial charge in [-0.25, -0.2) is 9.59 Å². The topological polar surface area (TPSA) is 118 Å². The molecule has 0 saturated heterocycles. The number of hydrogen-bond acceptors (Lipinski definition) is 5. The molecule has 0 rings (SSSR count). The van der Waals surface area contributed by atoms with E-state index in [0.717, 1.165) is 0 Å². The van der Waals surface area contributed by atoms with Gasteiger partial charge >= 0.3 is 23.9 Å². The molecule has 19 heavy (non-hydrogen) atoms. The predicted molar refractivity (Wildman–Crippen MR) is 63.0 cm³/mol. The SMILES string of the molecule is C=C(C(=O)OC(=O)C(=C)C(C)C(=O)O)C(C)C(=O)O. The van der Waals surface area contributed by atoms with E-state index in [9.17, 15) is 19.2 Å². The lowest BCUT2D eigenvalue weighted by Crippen LogP contribution is -2.25. The molecule has 0 spiro atoms. The molecule has 0 aromatic heterocycles. The molecule has 0 aromatic rings. The third-order valence-electron chi connectivity index (χ3n) is 2.50. The van der Waals surface area contributed by atoms with Crippen LogP contribution in [0.25, 0.3) is 0 Å². The maximum Gasteiger partial charge on any atom is 0.342 e. The lowest BCUT2D eigenvalue weighted by atomic mass is 10.0. The summed E-state index contributed by atoms with van der Waals surface area (Å²) in [6.07, 6.45) is 0. The lowest BCUT2D eigenvalue weighted by Gasteiger charge is -2.11. The number of carbonyl (C=O) groups excluding carboxylic acids is 2. The summed E-state index contributed by atoms with van der Waals surface area (Å²) in [7, 11) is 0. The molecule has 0 radical (unpaired) electrons. The summed E-state index contributed by atoms with van der Waals surface area (Å²) in [6.45, 7) is 8.83. The first-order valence-corrected chi connectivity index (χ1v) is 5.19. The van der Waals surface area contributed by atoms with Gasteiger partial charge in [0.05, 0.1) is 11.8 Å². The van der Waals surface area contributed by atoms with Crippen molar-refractivity contribution in [3.05, 3.63) is 24.3 Å². The average molecular weight is 270 g/mol. The molecule has 2 unspecified atom stereocenters. The van der Waals surface area contributed by atoms with Crippen LogP contribution in [0.1, 0.15) is 13.8 Å². The predicted octanol–water partition coefficient (Wildman–Crippen LogP) is 0.610. The Morgan fingerprint density at radius 1 is 0.842 bits per heavy atom. The van der Waals surface area contributed by atoms with Gasteiger partial charge in [0, 0.05) is 11.1 Å². The lowest BCUT2D eigenvalue weighted by molar-refractivity contribution is -0.157. The van der Waals surface area contributed by atoms with Gasteiger partial charge in [0.2, 0.25) is 0 Å². The van der Waals surface area contributed by atoms with E-state index in [-0.39, 0.29) is 0 Å². The first-order chi connectivity index (χ1) is 8.59. The summed E-state index contributed by atoms with van der Waals surface area (Å²) in [5.74, 6) is -7.48. The smallest absolute Gasteiger partial charge is 0.342 e. The van der Waals surface area contributed by atoms with Gasteiger partial charge < -0.3 is 14.9 Å². The first kappa shape index (κ1) is 16.6. The van der Waals surface area contributed by atoms with Gasteiger partial charge in [-0.1, -0.05) is 13.2 Å². The average Bonchev–Trinajstić information content (AvgIpc) is 2.34. The fourth-order valence-electron chi connectivity index (χ4n) is 0.867. The highest BCUT2D eigenvalue weighted by molar-refractivity contribution is 6.05. The molecule has 0 aromatic carbocycles. The molecular formula is C12H14O7. The Kier molecular flexibility index (Phi) is 5.65. The molecule has 0 amide bonds. The van der Waals surface area contributed by atoms with Gasteiger partial charge in [-0.3, -0.25) is 9.59 Å². The van der Waals surface area contributed by atoms with E-state index in [0.29, 0.717) is 0 Å². The zero-order chi connectivity index (χ0) is 15.3. The summed E-state index contributed by atoms with van der Waals surface area (Å²) >= 11 is 0. The summed E-state index contributed by atoms with van der Waals surface area (Å²) in [5.41, 5.74) is -0.840. The van der Waals surface area contributed by atoms with Crippen LogP contribution in [0.4, 0.5) is 0 Å². The Labute approximate surface area is 109 Å². The number of ether oxygens (including phenoxy) is 1. The molecule has 0 aliphatic carbocycles. The maximum atomic E-state index is 11.4. The van der Waals surface area contributed by atoms with E-state index >= 15 is 0 Å². The van der Waals surface area contributed by atoms with Crippen molar-refractivity contribution in [3.63, 3.8) is 0 Å². The number of rotatable bonds is 6. The third-order valence-corrected chi connectivity index (χ3v) is 2.50. The highest BCUT2D eigenvalue weighted by Gasteiger charge is 2.28. The van der Waals surface area contributed by atoms with Crippen LogP contribution in [-0.2, 0) is 23.9 Å². The molecule has 0 fully saturated rings. The highest BCUT2D eigenvalue weighted by atomic mass is 16.6. The van der Waals surface area contributed by atoms with Crippen LogP contribution in [0.15, 0.2) is 24.3 Å². The molecule has 0 bridgehead atoms. The van der Waals surface area contributed by atoms with Crippen LogP contribution in [-0.4, -0.2) is 34.1 Å². The van der Waals surface area contributed by atoms with Crippen LogP contribution in [0, 0.1) is 11.8 Å². The van der Waals surface area contributed by atoms with Crippen molar-refractivity contribution in [2.24, 2.45) is 11.8 Å². The quantitative estimate of drug-likeness (QED) is 0.412. The Hall–Kier alpha value is -2.44. The minimum Gasteiger partial charge on any atom is -0.481 e. The minimum absolute atomic E-state index is 0.420. The molecule has 104 valence electrons. The van der Waals surface area contributed by atoms with E-state index < -0.39 is 46.9 Å². The fraction of sp³-hybridized carbons (Fsp3) is 0.333. The van der Waals surface area contributed by atoms with Crippen LogP contribution in [0.5, 0.6) is 0 Å². The largest absolute Gasteiger partial charge is 0.481 e. The zero-order valence-electron chi connectivity index (χ0n) is 10.5. The number of carbonyl (C=O) groups is 4. The third kappa shape index (κ3) is 4.38. The molecule has 0 saturated carbocycles. The Morgan fingerprint density at radius 2 is 1.11 bits per heavy atom. The van der Waals surface area contributed by atoms with Crippen LogP contribution >= 0.6 is 0 Å². The van der Waals surface area contributed by atoms with Gasteiger partial charge in [-0.2, -0.15) is 0 Å². The van der Waals surface area contributed by atoms with E-state index in [1.165, 1.54) is 13.8 Å². The van der Waals surface area contributed by atoms with Crippen molar-refractivity contribution < 1.29 is 34.1 Å². The number of hydrogen-bond donors (Lipinski definition) is 2. The Bertz CT molecular complexity index is 419. The van der Waals surface area contributed by atoms with E-state index in [4.69, 9.17) is 10.2 Å². The number of aliphatic carboxylic acids is 2. The molecular weight excluding hydrogens is 256 g/mol. The minimum atomic E-state index is -1.30. The van der Waals surface area contributed by atoms with Gasteiger partial charge in [-0.15, -0.1) is 0 Å². The van der Waals surface area contributed by atoms with E-state index in [1.54, 1.807) is 0 Å². The molecule has 2 atom stereocenters. The van der Waals surface area contributed by atoms with Gasteiger partial charge in [0.1, 0.15) is 0 Å². The molecule has 2 N–H and O–H groups in total.